The number of thiazole rings is 1. The van der Waals surface area contributed by atoms with E-state index in [1.165, 1.54) is 23.1 Å². The van der Waals surface area contributed by atoms with Crippen LogP contribution < -0.4 is 45.7 Å². The number of carbonyl (C=O) groups is 3. The second kappa shape index (κ2) is 10.4. The van der Waals surface area contributed by atoms with Gasteiger partial charge in [-0.15, -0.1) is 23.1 Å². The number of rotatable bonds is 5. The average Bonchev–Trinajstić information content (AvgIpc) is 2.95. The molecule has 1 saturated heterocycles. The quantitative estimate of drug-likeness (QED) is 0.302. The third-order valence-electron chi connectivity index (χ3n) is 3.66. The minimum absolute atomic E-state index is 0. The number of carbonyl (C=O) groups excluding carboxylic acids is 3. The van der Waals surface area contributed by atoms with Gasteiger partial charge in [0.15, 0.2) is 5.13 Å². The molecule has 2 aliphatic rings. The number of aliphatic carboxylic acids is 1. The van der Waals surface area contributed by atoms with E-state index < -0.39 is 35.8 Å². The number of hydrogen-bond donors (Lipinski definition) is 3. The number of hydrogen-bond acceptors (Lipinski definition) is 9. The zero-order valence-electron chi connectivity index (χ0n) is 14.2. The number of thioether (sulfide) groups is 1. The SMILES string of the molecule is Nc1nc(CC(=O)N[C@@H]2C(=O)N3C(C(=O)[O-])=C(CO)CS[C@H]23)cs1.O.O.[Na+]. The molecule has 27 heavy (non-hydrogen) atoms. The summed E-state index contributed by atoms with van der Waals surface area (Å²) in [5.41, 5.74) is 5.93. The van der Waals surface area contributed by atoms with Crippen molar-refractivity contribution in [3.63, 3.8) is 0 Å². The number of carboxylic acid groups (broad SMARTS) is 1. The second-order valence-electron chi connectivity index (χ2n) is 5.21. The maximum absolute atomic E-state index is 12.2. The number of aromatic nitrogens is 1. The Balaban J connectivity index is 0.00000225. The first-order valence-corrected chi connectivity index (χ1v) is 8.83. The number of nitrogens with two attached hydrogens (primary N) is 1. The van der Waals surface area contributed by atoms with E-state index in [9.17, 15) is 24.6 Å². The van der Waals surface area contributed by atoms with E-state index in [0.717, 1.165) is 4.90 Å². The molecule has 2 aliphatic heterocycles. The van der Waals surface area contributed by atoms with E-state index in [-0.39, 0.29) is 64.0 Å². The van der Waals surface area contributed by atoms with Crippen LogP contribution >= 0.6 is 23.1 Å². The number of nitrogens with one attached hydrogen (secondary N) is 1. The summed E-state index contributed by atoms with van der Waals surface area (Å²) in [6.45, 7) is -0.463. The zero-order valence-corrected chi connectivity index (χ0v) is 17.9. The number of nitrogen functional groups attached to an aromatic ring is 1. The first-order chi connectivity index (χ1) is 11.4. The Morgan fingerprint density at radius 3 is 2.63 bits per heavy atom. The summed E-state index contributed by atoms with van der Waals surface area (Å²) >= 11 is 2.49. The third-order valence-corrected chi connectivity index (χ3v) is 5.72. The number of amides is 2. The van der Waals surface area contributed by atoms with Crippen molar-refractivity contribution >= 4 is 46.0 Å². The number of aliphatic hydroxyl groups is 1. The first kappa shape index (κ1) is 25.8. The Kier molecular flexibility index (Phi) is 9.92. The van der Waals surface area contributed by atoms with Gasteiger partial charge in [-0.2, -0.15) is 0 Å². The summed E-state index contributed by atoms with van der Waals surface area (Å²) in [5, 5.41) is 24.5. The Bertz CT molecular complexity index is 757. The van der Waals surface area contributed by atoms with Crippen molar-refractivity contribution in [2.75, 3.05) is 18.1 Å². The maximum atomic E-state index is 12.2. The Hall–Kier alpha value is -1.19. The fourth-order valence-electron chi connectivity index (χ4n) is 2.59. The van der Waals surface area contributed by atoms with Gasteiger partial charge in [-0.05, 0) is 5.57 Å². The van der Waals surface area contributed by atoms with Crippen LogP contribution in [0.3, 0.4) is 0 Å². The molecule has 8 N–H and O–H groups in total. The largest absolute Gasteiger partial charge is 1.00 e. The van der Waals surface area contributed by atoms with E-state index in [2.05, 4.69) is 10.3 Å². The minimum Gasteiger partial charge on any atom is -0.543 e. The van der Waals surface area contributed by atoms with Gasteiger partial charge in [-0.3, -0.25) is 14.5 Å². The van der Waals surface area contributed by atoms with Crippen LogP contribution in [0.4, 0.5) is 5.13 Å². The maximum Gasteiger partial charge on any atom is 1.00 e. The van der Waals surface area contributed by atoms with E-state index in [4.69, 9.17) is 5.73 Å². The number of β-lactam (4-membered cyclic amide) rings is 1. The molecular weight excluding hydrogens is 411 g/mol. The van der Waals surface area contributed by atoms with Crippen LogP contribution in [-0.2, 0) is 20.8 Å². The monoisotopic (exact) mass is 428 g/mol. The summed E-state index contributed by atoms with van der Waals surface area (Å²) in [4.78, 5) is 40.5. The van der Waals surface area contributed by atoms with E-state index in [1.807, 2.05) is 0 Å². The molecule has 144 valence electrons. The molecule has 2 amide bonds. The van der Waals surface area contributed by atoms with Crippen LogP contribution in [0, 0.1) is 0 Å². The van der Waals surface area contributed by atoms with Crippen molar-refractivity contribution in [2.45, 2.75) is 17.8 Å². The summed E-state index contributed by atoms with van der Waals surface area (Å²) in [6, 6.07) is -0.812. The fraction of sp³-hybridized carbons (Fsp3) is 0.385. The van der Waals surface area contributed by atoms with Crippen molar-refractivity contribution in [3.8, 4) is 0 Å². The smallest absolute Gasteiger partial charge is 0.543 e. The predicted octanol–water partition coefficient (Wildman–Crippen LogP) is -6.98. The van der Waals surface area contributed by atoms with Crippen molar-refractivity contribution < 1.29 is 65.1 Å². The van der Waals surface area contributed by atoms with Crippen molar-refractivity contribution in [1.82, 2.24) is 15.2 Å². The van der Waals surface area contributed by atoms with Gasteiger partial charge >= 0.3 is 29.6 Å². The number of aliphatic hydroxyl groups excluding tert-OH is 1. The van der Waals surface area contributed by atoms with E-state index in [0.29, 0.717) is 10.8 Å². The summed E-state index contributed by atoms with van der Waals surface area (Å²) in [6.07, 6.45) is -0.0139. The minimum atomic E-state index is -1.51. The molecule has 0 spiro atoms. The molecule has 3 rings (SSSR count). The molecule has 0 aliphatic carbocycles. The standard InChI is InChI=1S/C13H14N4O5S2.Na.2H2O/c14-13-15-6(4-24-13)1-7(19)16-8-10(20)17-9(12(21)22)5(2-18)3-23-11(8)17;;;/h4,8,11,18H,1-3H2,(H2,14,15)(H,16,19)(H,21,22);;2*1H2/q;+1;;/p-1/t8-,11-;;;/m1.../s1. The van der Waals surface area contributed by atoms with Gasteiger partial charge in [-0.1, -0.05) is 0 Å². The normalized spacial score (nSPS) is 20.3. The summed E-state index contributed by atoms with van der Waals surface area (Å²) in [5.74, 6) is -2.20. The van der Waals surface area contributed by atoms with Gasteiger partial charge in [0.1, 0.15) is 11.4 Å². The van der Waals surface area contributed by atoms with Gasteiger partial charge in [-0.25, -0.2) is 4.98 Å². The molecular formula is C13H17N4NaO7S2. The Morgan fingerprint density at radius 2 is 2.11 bits per heavy atom. The fourth-order valence-corrected chi connectivity index (χ4v) is 4.48. The van der Waals surface area contributed by atoms with Gasteiger partial charge in [0.05, 0.1) is 30.4 Å². The second-order valence-corrected chi connectivity index (χ2v) is 7.20. The van der Waals surface area contributed by atoms with Crippen LogP contribution in [0.1, 0.15) is 5.69 Å². The van der Waals surface area contributed by atoms with E-state index in [1.54, 1.807) is 5.38 Å². The number of fused-ring (bicyclic) bond motifs is 1. The van der Waals surface area contributed by atoms with Gasteiger partial charge in [0.25, 0.3) is 5.91 Å². The van der Waals surface area contributed by atoms with Crippen LogP contribution in [0.15, 0.2) is 16.7 Å². The summed E-state index contributed by atoms with van der Waals surface area (Å²) in [7, 11) is 0. The Morgan fingerprint density at radius 1 is 1.44 bits per heavy atom. The topological polar surface area (TPSA) is 212 Å². The molecule has 2 atom stereocenters. The number of carboxylic acids is 1. The zero-order chi connectivity index (χ0) is 17.4. The molecule has 0 bridgehead atoms. The molecule has 11 nitrogen and oxygen atoms in total. The molecule has 1 fully saturated rings. The van der Waals surface area contributed by atoms with Crippen molar-refractivity contribution in [3.05, 3.63) is 22.3 Å². The molecule has 0 radical (unpaired) electrons. The van der Waals surface area contributed by atoms with Gasteiger partial charge < -0.3 is 37.0 Å². The molecule has 0 saturated carbocycles. The van der Waals surface area contributed by atoms with Crippen LogP contribution in [0.5, 0.6) is 0 Å². The average molecular weight is 428 g/mol. The molecule has 3 heterocycles. The molecule has 14 heteroatoms. The van der Waals surface area contributed by atoms with Crippen molar-refractivity contribution in [2.24, 2.45) is 0 Å². The van der Waals surface area contributed by atoms with Crippen LogP contribution in [0.2, 0.25) is 0 Å². The van der Waals surface area contributed by atoms with E-state index >= 15 is 0 Å². The number of anilines is 1. The molecule has 1 aromatic heterocycles. The molecule has 0 unspecified atom stereocenters. The first-order valence-electron chi connectivity index (χ1n) is 6.90. The predicted molar refractivity (Wildman–Crippen MR) is 91.6 cm³/mol. The summed E-state index contributed by atoms with van der Waals surface area (Å²) < 4.78 is 0. The number of nitrogens with zero attached hydrogens (tertiary/aromatic N) is 2. The molecule has 1 aromatic rings. The van der Waals surface area contributed by atoms with Crippen molar-refractivity contribution in [1.29, 1.82) is 0 Å². The van der Waals surface area contributed by atoms with Gasteiger partial charge in [0.2, 0.25) is 5.91 Å². The molecule has 0 aromatic carbocycles. The van der Waals surface area contributed by atoms with Gasteiger partial charge in [0, 0.05) is 11.1 Å². The van der Waals surface area contributed by atoms with Crippen LogP contribution in [-0.4, -0.2) is 67.5 Å². The van der Waals surface area contributed by atoms with Crippen LogP contribution in [0.25, 0.3) is 0 Å². The third kappa shape index (κ3) is 5.00. The Labute approximate surface area is 183 Å².